The van der Waals surface area contributed by atoms with Crippen LogP contribution in [0.15, 0.2) is 18.3 Å². The smallest absolute Gasteiger partial charge is 0.393 e. The van der Waals surface area contributed by atoms with Gasteiger partial charge >= 0.3 is 8.56 Å². The van der Waals surface area contributed by atoms with Crippen molar-refractivity contribution in [1.82, 2.24) is 4.98 Å². The Hall–Kier alpha value is -0.583. The molecule has 1 N–H and O–H groups in total. The van der Waals surface area contributed by atoms with Gasteiger partial charge in [-0.25, -0.2) is 0 Å². The molecule has 0 atom stereocenters. The van der Waals surface area contributed by atoms with Gasteiger partial charge in [-0.2, -0.15) is 0 Å². The molecule has 1 heterocycles. The largest absolute Gasteiger partial charge is 0.394 e. The van der Waals surface area contributed by atoms with E-state index in [1.807, 2.05) is 12.3 Å². The highest BCUT2D eigenvalue weighted by molar-refractivity contribution is 6.83. The van der Waals surface area contributed by atoms with Gasteiger partial charge in [0, 0.05) is 25.5 Å². The van der Waals surface area contributed by atoms with E-state index in [9.17, 15) is 0 Å². The Morgan fingerprint density at radius 3 is 2.12 bits per heavy atom. The average Bonchev–Trinajstić information content (AvgIpc) is 2.73. The van der Waals surface area contributed by atoms with Crippen LogP contribution < -0.4 is 5.32 Å². The molecule has 4 heteroatoms. The quantitative estimate of drug-likeness (QED) is 0.803. The van der Waals surface area contributed by atoms with Crippen molar-refractivity contribution < 1.29 is 8.85 Å². The first kappa shape index (κ1) is 13.5. The van der Waals surface area contributed by atoms with Crippen molar-refractivity contribution in [3.63, 3.8) is 0 Å². The van der Waals surface area contributed by atoms with Gasteiger partial charge in [0.15, 0.2) is 0 Å². The van der Waals surface area contributed by atoms with Crippen LogP contribution in [0.5, 0.6) is 0 Å². The number of hydrogen-bond acceptors (Lipinski definition) is 2. The molecule has 0 spiro atoms. The van der Waals surface area contributed by atoms with Gasteiger partial charge in [0.2, 0.25) is 0 Å². The van der Waals surface area contributed by atoms with Gasteiger partial charge in [-0.15, -0.1) is 0 Å². The van der Waals surface area contributed by atoms with E-state index in [2.05, 4.69) is 38.7 Å². The molecular formula is C12H23NO2Si. The minimum absolute atomic E-state index is 0.00134. The van der Waals surface area contributed by atoms with E-state index in [-0.39, 0.29) is 5.04 Å². The van der Waals surface area contributed by atoms with Gasteiger partial charge in [0.1, 0.15) is 0 Å². The first-order valence-electron chi connectivity index (χ1n) is 5.66. The number of H-pyrrole nitrogens is 1. The molecule has 0 aliphatic carbocycles. The van der Waals surface area contributed by atoms with Crippen molar-refractivity contribution in [1.29, 1.82) is 0 Å². The SMILES string of the molecule is CO[Si](OC)(c1ccc[nH]1)C(C)(C)C(C)C. The van der Waals surface area contributed by atoms with Crippen LogP contribution in [0.3, 0.4) is 0 Å². The first-order chi connectivity index (χ1) is 7.42. The Bertz CT molecular complexity index is 316. The van der Waals surface area contributed by atoms with Crippen molar-refractivity contribution >= 4 is 13.9 Å². The molecule has 0 unspecified atom stereocenters. The maximum atomic E-state index is 5.84. The molecule has 0 fully saturated rings. The van der Waals surface area contributed by atoms with Gasteiger partial charge in [0.25, 0.3) is 0 Å². The van der Waals surface area contributed by atoms with Crippen molar-refractivity contribution in [3.8, 4) is 0 Å². The Balaban J connectivity index is 3.26. The van der Waals surface area contributed by atoms with E-state index in [0.717, 1.165) is 5.32 Å². The lowest BCUT2D eigenvalue weighted by Gasteiger charge is -2.43. The standard InChI is InChI=1S/C12H23NO2Si/c1-10(2)12(3,4)16(14-5,15-6)11-8-7-9-13-11/h7-10,13H,1-6H3. The topological polar surface area (TPSA) is 34.2 Å². The van der Waals surface area contributed by atoms with Crippen LogP contribution >= 0.6 is 0 Å². The third-order valence-electron chi connectivity index (χ3n) is 3.82. The monoisotopic (exact) mass is 241 g/mol. The third-order valence-corrected chi connectivity index (χ3v) is 8.26. The zero-order valence-electron chi connectivity index (χ0n) is 11.1. The highest BCUT2D eigenvalue weighted by Gasteiger charge is 2.55. The van der Waals surface area contributed by atoms with Gasteiger partial charge in [-0.05, 0) is 18.1 Å². The van der Waals surface area contributed by atoms with E-state index in [1.165, 1.54) is 0 Å². The molecule has 16 heavy (non-hydrogen) atoms. The Morgan fingerprint density at radius 2 is 1.81 bits per heavy atom. The van der Waals surface area contributed by atoms with E-state index < -0.39 is 8.56 Å². The average molecular weight is 241 g/mol. The van der Waals surface area contributed by atoms with Gasteiger partial charge < -0.3 is 13.8 Å². The fourth-order valence-corrected chi connectivity index (χ4v) is 5.79. The molecule has 0 amide bonds. The second-order valence-electron chi connectivity index (χ2n) is 4.99. The summed E-state index contributed by atoms with van der Waals surface area (Å²) in [6.07, 6.45) is 1.92. The molecule has 0 bridgehead atoms. The maximum absolute atomic E-state index is 5.84. The minimum atomic E-state index is -2.41. The van der Waals surface area contributed by atoms with Crippen LogP contribution in [-0.4, -0.2) is 27.8 Å². The summed E-state index contributed by atoms with van der Waals surface area (Å²) in [6.45, 7) is 8.86. The molecule has 0 radical (unpaired) electrons. The van der Waals surface area contributed by atoms with Gasteiger partial charge in [-0.3, -0.25) is 0 Å². The number of aromatic nitrogens is 1. The summed E-state index contributed by atoms with van der Waals surface area (Å²) in [4.78, 5) is 3.25. The highest BCUT2D eigenvalue weighted by atomic mass is 28.4. The number of nitrogens with one attached hydrogen (secondary N) is 1. The molecule has 0 aromatic carbocycles. The Labute approximate surface area is 99.4 Å². The van der Waals surface area contributed by atoms with Crippen LogP contribution in [0.2, 0.25) is 5.04 Å². The second-order valence-corrected chi connectivity index (χ2v) is 8.86. The Kier molecular flexibility index (Phi) is 3.99. The summed E-state index contributed by atoms with van der Waals surface area (Å²) in [7, 11) is 1.09. The van der Waals surface area contributed by atoms with Gasteiger partial charge in [0.05, 0.1) is 5.32 Å². The lowest BCUT2D eigenvalue weighted by Crippen LogP contribution is -2.62. The van der Waals surface area contributed by atoms with Crippen LogP contribution in [0.1, 0.15) is 27.7 Å². The van der Waals surface area contributed by atoms with Crippen LogP contribution in [0.25, 0.3) is 0 Å². The van der Waals surface area contributed by atoms with E-state index in [4.69, 9.17) is 8.85 Å². The number of rotatable bonds is 5. The summed E-state index contributed by atoms with van der Waals surface area (Å²) < 4.78 is 11.7. The summed E-state index contributed by atoms with van der Waals surface area (Å²) in [6, 6.07) is 4.05. The van der Waals surface area contributed by atoms with Crippen LogP contribution in [0, 0.1) is 5.92 Å². The predicted molar refractivity (Wildman–Crippen MR) is 69.1 cm³/mol. The van der Waals surface area contributed by atoms with E-state index in [1.54, 1.807) is 14.2 Å². The molecule has 1 aromatic rings. The van der Waals surface area contributed by atoms with Gasteiger partial charge in [-0.1, -0.05) is 27.7 Å². The zero-order chi connectivity index (χ0) is 12.4. The third kappa shape index (κ3) is 1.85. The van der Waals surface area contributed by atoms with Crippen molar-refractivity contribution in [2.75, 3.05) is 14.2 Å². The second kappa shape index (κ2) is 4.73. The summed E-state index contributed by atoms with van der Waals surface area (Å²) in [5.74, 6) is 0.488. The normalized spacial score (nSPS) is 13.4. The molecule has 0 saturated heterocycles. The first-order valence-corrected chi connectivity index (χ1v) is 7.48. The van der Waals surface area contributed by atoms with Crippen molar-refractivity contribution in [2.45, 2.75) is 32.7 Å². The van der Waals surface area contributed by atoms with Crippen molar-refractivity contribution in [2.24, 2.45) is 5.92 Å². The molecule has 1 aromatic heterocycles. The van der Waals surface area contributed by atoms with E-state index in [0.29, 0.717) is 5.92 Å². The molecule has 0 aliphatic heterocycles. The fourth-order valence-electron chi connectivity index (χ4n) is 2.09. The summed E-state index contributed by atoms with van der Waals surface area (Å²) >= 11 is 0. The summed E-state index contributed by atoms with van der Waals surface area (Å²) in [5.41, 5.74) is 0. The molecule has 3 nitrogen and oxygen atoms in total. The molecule has 0 saturated carbocycles. The van der Waals surface area contributed by atoms with E-state index >= 15 is 0 Å². The zero-order valence-corrected chi connectivity index (χ0v) is 12.1. The molecule has 0 aliphatic rings. The number of hydrogen-bond donors (Lipinski definition) is 1. The fraction of sp³-hybridized carbons (Fsp3) is 0.667. The van der Waals surface area contributed by atoms with Crippen molar-refractivity contribution in [3.05, 3.63) is 18.3 Å². The molecule has 92 valence electrons. The lowest BCUT2D eigenvalue weighted by atomic mass is 9.99. The number of aromatic amines is 1. The maximum Gasteiger partial charge on any atom is 0.394 e. The minimum Gasteiger partial charge on any atom is -0.393 e. The molecular weight excluding hydrogens is 218 g/mol. The highest BCUT2D eigenvalue weighted by Crippen LogP contribution is 2.44. The van der Waals surface area contributed by atoms with Crippen LogP contribution in [-0.2, 0) is 8.85 Å². The predicted octanol–water partition coefficient (Wildman–Crippen LogP) is 2.39. The Morgan fingerprint density at radius 1 is 1.25 bits per heavy atom. The van der Waals surface area contributed by atoms with Crippen LogP contribution in [0.4, 0.5) is 0 Å². The summed E-state index contributed by atoms with van der Waals surface area (Å²) in [5, 5.41) is 1.10. The molecule has 1 rings (SSSR count). The lowest BCUT2D eigenvalue weighted by molar-refractivity contribution is 0.206.